The third-order valence-electron chi connectivity index (χ3n) is 5.29. The zero-order chi connectivity index (χ0) is 19.6. The maximum atomic E-state index is 8.89. The predicted molar refractivity (Wildman–Crippen MR) is 107 cm³/mol. The Balaban J connectivity index is 1.39. The molecule has 0 saturated carbocycles. The second-order valence-corrected chi connectivity index (χ2v) is 7.34. The lowest BCUT2D eigenvalue weighted by Crippen LogP contribution is -2.33. The van der Waals surface area contributed by atoms with Gasteiger partial charge in [0.05, 0.1) is 25.9 Å². The van der Waals surface area contributed by atoms with Crippen LogP contribution >= 0.6 is 0 Å². The topological polar surface area (TPSA) is 72.4 Å². The number of benzene rings is 1. The molecule has 28 heavy (non-hydrogen) atoms. The SMILES string of the molecule is CNC(CN1CCC(OCCO)C1)c1ccc(OCCOC2CCCO2)cc1. The summed E-state index contributed by atoms with van der Waals surface area (Å²) in [4.78, 5) is 2.41. The molecule has 0 aliphatic carbocycles. The first kappa shape index (κ1) is 21.5. The molecule has 3 unspecified atom stereocenters. The summed E-state index contributed by atoms with van der Waals surface area (Å²) in [7, 11) is 1.99. The fourth-order valence-corrected chi connectivity index (χ4v) is 3.75. The Morgan fingerprint density at radius 2 is 2.04 bits per heavy atom. The molecule has 2 heterocycles. The van der Waals surface area contributed by atoms with E-state index in [-0.39, 0.29) is 25.0 Å². The normalized spacial score (nSPS) is 23.9. The maximum absolute atomic E-state index is 8.89. The highest BCUT2D eigenvalue weighted by molar-refractivity contribution is 5.29. The highest BCUT2D eigenvalue weighted by Gasteiger charge is 2.25. The lowest BCUT2D eigenvalue weighted by atomic mass is 10.1. The second-order valence-electron chi connectivity index (χ2n) is 7.34. The summed E-state index contributed by atoms with van der Waals surface area (Å²) >= 11 is 0. The molecule has 0 radical (unpaired) electrons. The summed E-state index contributed by atoms with van der Waals surface area (Å²) in [6.45, 7) is 5.26. The molecule has 0 aromatic heterocycles. The summed E-state index contributed by atoms with van der Waals surface area (Å²) in [5.74, 6) is 0.855. The molecule has 3 atom stereocenters. The number of aliphatic hydroxyl groups excluding tert-OH is 1. The van der Waals surface area contributed by atoms with Crippen molar-refractivity contribution in [3.05, 3.63) is 29.8 Å². The molecule has 7 nitrogen and oxygen atoms in total. The van der Waals surface area contributed by atoms with Gasteiger partial charge in [0.2, 0.25) is 0 Å². The minimum Gasteiger partial charge on any atom is -0.491 e. The lowest BCUT2D eigenvalue weighted by Gasteiger charge is -2.24. The Morgan fingerprint density at radius 3 is 2.75 bits per heavy atom. The molecule has 1 aromatic rings. The van der Waals surface area contributed by atoms with Crippen LogP contribution in [0.5, 0.6) is 5.75 Å². The van der Waals surface area contributed by atoms with Crippen molar-refractivity contribution in [1.29, 1.82) is 0 Å². The molecule has 2 aliphatic heterocycles. The molecule has 2 fully saturated rings. The van der Waals surface area contributed by atoms with E-state index in [4.69, 9.17) is 24.1 Å². The van der Waals surface area contributed by atoms with Crippen molar-refractivity contribution in [2.75, 3.05) is 59.7 Å². The average molecular weight is 395 g/mol. The van der Waals surface area contributed by atoms with Crippen LogP contribution in [0.15, 0.2) is 24.3 Å². The molecule has 0 spiro atoms. The maximum Gasteiger partial charge on any atom is 0.157 e. The van der Waals surface area contributed by atoms with Gasteiger partial charge in [-0.05, 0) is 37.6 Å². The van der Waals surface area contributed by atoms with Crippen LogP contribution in [0.25, 0.3) is 0 Å². The molecule has 1 aromatic carbocycles. The van der Waals surface area contributed by atoms with Gasteiger partial charge >= 0.3 is 0 Å². The Hall–Kier alpha value is -1.22. The number of hydrogen-bond acceptors (Lipinski definition) is 7. The summed E-state index contributed by atoms with van der Waals surface area (Å²) in [5, 5.41) is 12.3. The molecular formula is C21H34N2O5. The summed E-state index contributed by atoms with van der Waals surface area (Å²) < 4.78 is 22.5. The number of likely N-dealkylation sites (tertiary alicyclic amines) is 1. The van der Waals surface area contributed by atoms with Gasteiger partial charge in [-0.25, -0.2) is 0 Å². The third-order valence-corrected chi connectivity index (χ3v) is 5.29. The van der Waals surface area contributed by atoms with Gasteiger partial charge in [0, 0.05) is 38.7 Å². The molecule has 0 bridgehead atoms. The number of nitrogens with one attached hydrogen (secondary N) is 1. The van der Waals surface area contributed by atoms with Gasteiger partial charge in [-0.3, -0.25) is 4.90 Å². The summed E-state index contributed by atoms with van der Waals surface area (Å²) in [5.41, 5.74) is 1.24. The zero-order valence-corrected chi connectivity index (χ0v) is 16.8. The molecule has 2 saturated heterocycles. The molecule has 158 valence electrons. The predicted octanol–water partition coefficient (Wildman–Crippen LogP) is 1.56. The van der Waals surface area contributed by atoms with Gasteiger partial charge in [-0.1, -0.05) is 12.1 Å². The number of ether oxygens (including phenoxy) is 4. The van der Waals surface area contributed by atoms with Crippen molar-refractivity contribution < 1.29 is 24.1 Å². The Bertz CT molecular complexity index is 550. The van der Waals surface area contributed by atoms with Crippen LogP contribution in [0.4, 0.5) is 0 Å². The van der Waals surface area contributed by atoms with E-state index in [9.17, 15) is 0 Å². The minimum atomic E-state index is -0.0541. The first-order valence-electron chi connectivity index (χ1n) is 10.4. The van der Waals surface area contributed by atoms with E-state index in [2.05, 4.69) is 22.3 Å². The van der Waals surface area contributed by atoms with Gasteiger partial charge in [0.15, 0.2) is 6.29 Å². The van der Waals surface area contributed by atoms with E-state index >= 15 is 0 Å². The monoisotopic (exact) mass is 394 g/mol. The number of likely N-dealkylation sites (N-methyl/N-ethyl adjacent to an activating group) is 1. The Labute approximate surface area is 167 Å². The van der Waals surface area contributed by atoms with E-state index in [0.29, 0.717) is 19.8 Å². The standard InChI is InChI=1S/C21H34N2O5/c1-22-20(16-23-9-8-19(15-23)25-12-10-24)17-4-6-18(7-5-17)26-13-14-28-21-3-2-11-27-21/h4-7,19-22,24H,2-3,8-16H2,1H3. The molecule has 2 aliphatic rings. The highest BCUT2D eigenvalue weighted by Crippen LogP contribution is 2.21. The molecule has 2 N–H and O–H groups in total. The van der Waals surface area contributed by atoms with Crippen LogP contribution in [0.1, 0.15) is 30.9 Å². The molecule has 3 rings (SSSR count). The van der Waals surface area contributed by atoms with E-state index < -0.39 is 0 Å². The Kier molecular flexibility index (Phi) is 8.98. The van der Waals surface area contributed by atoms with Crippen LogP contribution in [-0.4, -0.2) is 82.1 Å². The van der Waals surface area contributed by atoms with Crippen molar-refractivity contribution in [3.8, 4) is 5.75 Å². The number of rotatable bonds is 12. The highest BCUT2D eigenvalue weighted by atomic mass is 16.7. The first-order valence-corrected chi connectivity index (χ1v) is 10.4. The minimum absolute atomic E-state index is 0.0541. The van der Waals surface area contributed by atoms with Crippen LogP contribution in [0.2, 0.25) is 0 Å². The van der Waals surface area contributed by atoms with E-state index in [1.807, 2.05) is 19.2 Å². The average Bonchev–Trinajstić information content (AvgIpc) is 3.40. The van der Waals surface area contributed by atoms with E-state index in [1.165, 1.54) is 5.56 Å². The quantitative estimate of drug-likeness (QED) is 0.521. The van der Waals surface area contributed by atoms with Gasteiger partial charge < -0.3 is 29.4 Å². The Morgan fingerprint density at radius 1 is 1.18 bits per heavy atom. The van der Waals surface area contributed by atoms with Gasteiger partial charge in [0.25, 0.3) is 0 Å². The largest absolute Gasteiger partial charge is 0.491 e. The molecule has 0 amide bonds. The lowest BCUT2D eigenvalue weighted by molar-refractivity contribution is -0.115. The van der Waals surface area contributed by atoms with E-state index in [1.54, 1.807) is 0 Å². The van der Waals surface area contributed by atoms with Crippen LogP contribution in [0, 0.1) is 0 Å². The van der Waals surface area contributed by atoms with Crippen LogP contribution in [-0.2, 0) is 14.2 Å². The fraction of sp³-hybridized carbons (Fsp3) is 0.714. The number of aliphatic hydroxyl groups is 1. The van der Waals surface area contributed by atoms with Crippen molar-refractivity contribution in [2.24, 2.45) is 0 Å². The second kappa shape index (κ2) is 11.7. The summed E-state index contributed by atoms with van der Waals surface area (Å²) in [6.07, 6.45) is 3.26. The smallest absolute Gasteiger partial charge is 0.157 e. The van der Waals surface area contributed by atoms with Crippen molar-refractivity contribution in [2.45, 2.75) is 37.7 Å². The van der Waals surface area contributed by atoms with Crippen molar-refractivity contribution >= 4 is 0 Å². The van der Waals surface area contributed by atoms with E-state index in [0.717, 1.165) is 51.3 Å². The first-order chi connectivity index (χ1) is 13.8. The van der Waals surface area contributed by atoms with Crippen molar-refractivity contribution in [1.82, 2.24) is 10.2 Å². The molecular weight excluding hydrogens is 360 g/mol. The zero-order valence-electron chi connectivity index (χ0n) is 16.8. The van der Waals surface area contributed by atoms with Gasteiger partial charge in [-0.15, -0.1) is 0 Å². The molecule has 7 heteroatoms. The van der Waals surface area contributed by atoms with Crippen molar-refractivity contribution in [3.63, 3.8) is 0 Å². The number of hydrogen-bond donors (Lipinski definition) is 2. The van der Waals surface area contributed by atoms with Gasteiger partial charge in [-0.2, -0.15) is 0 Å². The summed E-state index contributed by atoms with van der Waals surface area (Å²) in [6, 6.07) is 8.53. The van der Waals surface area contributed by atoms with Gasteiger partial charge in [0.1, 0.15) is 12.4 Å². The fourth-order valence-electron chi connectivity index (χ4n) is 3.75. The van der Waals surface area contributed by atoms with Crippen LogP contribution < -0.4 is 10.1 Å². The third kappa shape index (κ3) is 6.69. The number of nitrogens with zero attached hydrogens (tertiary/aromatic N) is 1. The van der Waals surface area contributed by atoms with Crippen LogP contribution in [0.3, 0.4) is 0 Å².